The summed E-state index contributed by atoms with van der Waals surface area (Å²) in [7, 11) is -4.03. The molecule has 0 aliphatic carbocycles. The average molecular weight is 482 g/mol. The molecule has 0 bridgehead atoms. The second kappa shape index (κ2) is 10.0. The van der Waals surface area contributed by atoms with E-state index in [0.717, 1.165) is 5.56 Å². The Bertz CT molecular complexity index is 1360. The van der Waals surface area contributed by atoms with E-state index in [-0.39, 0.29) is 29.2 Å². The van der Waals surface area contributed by atoms with Crippen LogP contribution in [0.15, 0.2) is 71.6 Å². The van der Waals surface area contributed by atoms with Gasteiger partial charge in [-0.1, -0.05) is 36.4 Å². The summed E-state index contributed by atoms with van der Waals surface area (Å²) in [6, 6.07) is 18.9. The number of nitrogens with zero attached hydrogens (tertiary/aromatic N) is 1. The Labute approximate surface area is 195 Å². The molecule has 8 nitrogen and oxygen atoms in total. The lowest BCUT2D eigenvalue weighted by molar-refractivity contribution is -0.143. The van der Waals surface area contributed by atoms with Crippen molar-refractivity contribution >= 4 is 16.0 Å². The third-order valence-corrected chi connectivity index (χ3v) is 6.36. The fraction of sp³-hybridized carbons (Fsp3) is 0.167. The van der Waals surface area contributed by atoms with Gasteiger partial charge in [-0.05, 0) is 30.3 Å². The molecule has 4 rings (SSSR count). The van der Waals surface area contributed by atoms with Crippen molar-refractivity contribution in [3.8, 4) is 11.8 Å². The van der Waals surface area contributed by atoms with Gasteiger partial charge in [0, 0.05) is 16.7 Å². The van der Waals surface area contributed by atoms with Crippen molar-refractivity contribution in [1.29, 1.82) is 5.26 Å². The molecular formula is C24H19FN2O6S. The van der Waals surface area contributed by atoms with Gasteiger partial charge in [0.1, 0.15) is 24.7 Å². The summed E-state index contributed by atoms with van der Waals surface area (Å²) in [5.41, 5.74) is 1.70. The molecule has 3 aromatic rings. The maximum atomic E-state index is 14.1. The first-order chi connectivity index (χ1) is 16.4. The van der Waals surface area contributed by atoms with Gasteiger partial charge in [0.15, 0.2) is 0 Å². The number of nitriles is 1. The number of hydrogen-bond acceptors (Lipinski definition) is 7. The number of sulfonamides is 1. The van der Waals surface area contributed by atoms with Crippen LogP contribution in [0.4, 0.5) is 4.39 Å². The lowest BCUT2D eigenvalue weighted by atomic mass is 10.1. The van der Waals surface area contributed by atoms with E-state index in [1.165, 1.54) is 36.4 Å². The minimum atomic E-state index is -4.03. The second-order valence-corrected chi connectivity index (χ2v) is 9.12. The molecule has 1 aliphatic heterocycles. The molecule has 1 N–H and O–H groups in total. The van der Waals surface area contributed by atoms with Crippen LogP contribution in [0.1, 0.15) is 28.5 Å². The van der Waals surface area contributed by atoms with E-state index in [1.54, 1.807) is 0 Å². The van der Waals surface area contributed by atoms with E-state index in [2.05, 4.69) is 4.72 Å². The van der Waals surface area contributed by atoms with E-state index in [9.17, 15) is 17.6 Å². The number of rotatable bonds is 7. The molecule has 1 heterocycles. The predicted molar refractivity (Wildman–Crippen MR) is 117 cm³/mol. The fourth-order valence-corrected chi connectivity index (χ4v) is 4.35. The number of ether oxygens (including phenoxy) is 3. The zero-order valence-corrected chi connectivity index (χ0v) is 18.5. The van der Waals surface area contributed by atoms with Gasteiger partial charge in [-0.2, -0.15) is 9.98 Å². The number of carbonyl (C=O) groups excluding carboxylic acids is 1. The molecule has 0 spiro atoms. The van der Waals surface area contributed by atoms with Crippen LogP contribution in [-0.4, -0.2) is 20.9 Å². The summed E-state index contributed by atoms with van der Waals surface area (Å²) in [5, 5.41) is 8.92. The first kappa shape index (κ1) is 23.4. The number of nitrogens with one attached hydrogen (secondary N) is 1. The van der Waals surface area contributed by atoms with Gasteiger partial charge < -0.3 is 14.2 Å². The van der Waals surface area contributed by atoms with Crippen LogP contribution in [-0.2, 0) is 37.5 Å². The maximum absolute atomic E-state index is 14.1. The van der Waals surface area contributed by atoms with E-state index < -0.39 is 34.6 Å². The van der Waals surface area contributed by atoms with Crippen molar-refractivity contribution < 1.29 is 31.8 Å². The molecule has 0 saturated heterocycles. The Balaban J connectivity index is 1.41. The van der Waals surface area contributed by atoms with Crippen LogP contribution in [0.2, 0.25) is 0 Å². The summed E-state index contributed by atoms with van der Waals surface area (Å²) < 4.78 is 57.7. The van der Waals surface area contributed by atoms with E-state index in [0.29, 0.717) is 11.3 Å². The van der Waals surface area contributed by atoms with Gasteiger partial charge >= 0.3 is 5.97 Å². The summed E-state index contributed by atoms with van der Waals surface area (Å²) in [6.45, 7) is -0.867. The van der Waals surface area contributed by atoms with Crippen LogP contribution < -0.4 is 9.46 Å². The Morgan fingerprint density at radius 3 is 2.71 bits per heavy atom. The highest BCUT2D eigenvalue weighted by molar-refractivity contribution is 7.89. The zero-order valence-electron chi connectivity index (χ0n) is 17.7. The third kappa shape index (κ3) is 5.40. The minimum absolute atomic E-state index is 0.106. The van der Waals surface area contributed by atoms with Crippen molar-refractivity contribution in [2.24, 2.45) is 0 Å². The summed E-state index contributed by atoms with van der Waals surface area (Å²) >= 11 is 0. The summed E-state index contributed by atoms with van der Waals surface area (Å²) in [6.07, 6.45) is -0.704. The molecule has 1 atom stereocenters. The lowest BCUT2D eigenvalue weighted by Crippen LogP contribution is -2.30. The Kier molecular flexibility index (Phi) is 6.88. The van der Waals surface area contributed by atoms with Crippen LogP contribution in [0.3, 0.4) is 0 Å². The lowest BCUT2D eigenvalue weighted by Gasteiger charge is -2.28. The number of fused-ring (bicyclic) bond motifs is 1. The van der Waals surface area contributed by atoms with Gasteiger partial charge in [0.05, 0.1) is 23.1 Å². The molecule has 0 radical (unpaired) electrons. The molecule has 0 fully saturated rings. The molecule has 1 aliphatic rings. The highest BCUT2D eigenvalue weighted by Gasteiger charge is 2.26. The van der Waals surface area contributed by atoms with Crippen molar-refractivity contribution in [3.05, 3.63) is 94.8 Å². The third-order valence-electron chi connectivity index (χ3n) is 4.96. The van der Waals surface area contributed by atoms with Gasteiger partial charge in [-0.25, -0.2) is 12.8 Å². The molecule has 174 valence electrons. The number of halogens is 1. The Morgan fingerprint density at radius 1 is 1.15 bits per heavy atom. The quantitative estimate of drug-likeness (QED) is 0.514. The Hall–Kier alpha value is -3.78. The molecule has 10 heteroatoms. The first-order valence-corrected chi connectivity index (χ1v) is 11.6. The fourth-order valence-electron chi connectivity index (χ4n) is 3.34. The van der Waals surface area contributed by atoms with Crippen molar-refractivity contribution in [3.63, 3.8) is 0 Å². The smallest absolute Gasteiger partial charge is 0.321 e. The highest BCUT2D eigenvalue weighted by Crippen LogP contribution is 2.36. The largest absolute Gasteiger partial charge is 0.460 e. The SMILES string of the molecule is N#Cc1cccc(S(=O)(=O)NCC(=O)OCc2cc(F)cc3c2OC(c2ccccc2)OC3)c1. The van der Waals surface area contributed by atoms with Crippen molar-refractivity contribution in [2.45, 2.75) is 24.4 Å². The first-order valence-electron chi connectivity index (χ1n) is 10.2. The molecule has 0 aromatic heterocycles. The van der Waals surface area contributed by atoms with Crippen molar-refractivity contribution in [1.82, 2.24) is 4.72 Å². The molecule has 0 amide bonds. The predicted octanol–water partition coefficient (Wildman–Crippen LogP) is 3.33. The second-order valence-electron chi connectivity index (χ2n) is 7.35. The standard InChI is InChI=1S/C24H19FN2O6S/c25-20-10-18(23-19(11-20)15-32-24(33-23)17-6-2-1-3-7-17)14-31-22(28)13-27-34(29,30)21-8-4-5-16(9-21)12-26/h1-11,24,27H,13-15H2. The van der Waals surface area contributed by atoms with Gasteiger partial charge in [-0.15, -0.1) is 0 Å². The maximum Gasteiger partial charge on any atom is 0.321 e. The minimum Gasteiger partial charge on any atom is -0.460 e. The molecule has 0 saturated carbocycles. The number of hydrogen-bond donors (Lipinski definition) is 1. The summed E-state index contributed by atoms with van der Waals surface area (Å²) in [5.74, 6) is -1.07. The molecule has 34 heavy (non-hydrogen) atoms. The van der Waals surface area contributed by atoms with Crippen LogP contribution in [0.5, 0.6) is 5.75 Å². The molecule has 3 aromatic carbocycles. The highest BCUT2D eigenvalue weighted by atomic mass is 32.2. The Morgan fingerprint density at radius 2 is 1.94 bits per heavy atom. The monoisotopic (exact) mass is 482 g/mol. The van der Waals surface area contributed by atoms with E-state index >= 15 is 0 Å². The van der Waals surface area contributed by atoms with Crippen molar-refractivity contribution in [2.75, 3.05) is 6.54 Å². The number of esters is 1. The molecule has 1 unspecified atom stereocenters. The topological polar surface area (TPSA) is 115 Å². The molecular weight excluding hydrogens is 463 g/mol. The van der Waals surface area contributed by atoms with E-state index in [1.807, 2.05) is 36.4 Å². The van der Waals surface area contributed by atoms with E-state index in [4.69, 9.17) is 19.5 Å². The number of carbonyl (C=O) groups is 1. The summed E-state index contributed by atoms with van der Waals surface area (Å²) in [4.78, 5) is 12.0. The average Bonchev–Trinajstić information content (AvgIpc) is 2.86. The zero-order chi connectivity index (χ0) is 24.1. The van der Waals surface area contributed by atoms with Crippen LogP contribution in [0, 0.1) is 17.1 Å². The van der Waals surface area contributed by atoms with Crippen LogP contribution >= 0.6 is 0 Å². The van der Waals surface area contributed by atoms with Gasteiger partial charge in [-0.3, -0.25) is 4.79 Å². The normalized spacial score (nSPS) is 15.0. The number of benzene rings is 3. The van der Waals surface area contributed by atoms with Crippen LogP contribution in [0.25, 0.3) is 0 Å². The van der Waals surface area contributed by atoms with Gasteiger partial charge in [0.25, 0.3) is 0 Å². The van der Waals surface area contributed by atoms with Gasteiger partial charge in [0.2, 0.25) is 16.3 Å².